The quantitative estimate of drug-likeness (QED) is 0.0812. The number of aromatic nitrogens is 2. The molecule has 4 aliphatic rings. The van der Waals surface area contributed by atoms with Crippen LogP contribution in [0.5, 0.6) is 0 Å². The molecular formula is C52H54N2O8+2. The first kappa shape index (κ1) is 42.5. The number of nitrogens with zero attached hydrogens (tertiary/aromatic N) is 2. The summed E-state index contributed by atoms with van der Waals surface area (Å²) >= 11 is 0. The monoisotopic (exact) mass is 834 g/mol. The molecular weight excluding hydrogens is 781 g/mol. The lowest BCUT2D eigenvalue weighted by Crippen LogP contribution is -2.57. The lowest BCUT2D eigenvalue weighted by Gasteiger charge is -2.46. The van der Waals surface area contributed by atoms with E-state index in [0.29, 0.717) is 25.7 Å². The second kappa shape index (κ2) is 18.0. The maximum absolute atomic E-state index is 12.7. The summed E-state index contributed by atoms with van der Waals surface area (Å²) in [5.41, 5.74) is 3.58. The predicted octanol–water partition coefficient (Wildman–Crippen LogP) is 9.62. The topological polar surface area (TPSA) is 116 Å². The van der Waals surface area contributed by atoms with Crippen molar-refractivity contribution in [3.8, 4) is 22.5 Å². The summed E-state index contributed by atoms with van der Waals surface area (Å²) < 4.78 is 26.4. The van der Waals surface area contributed by atoms with Crippen LogP contribution >= 0.6 is 0 Å². The average Bonchev–Trinajstić information content (AvgIpc) is 3.28. The summed E-state index contributed by atoms with van der Waals surface area (Å²) in [6, 6.07) is 38.6. The van der Waals surface area contributed by atoms with Crippen LogP contribution in [-0.4, -0.2) is 40.4 Å². The van der Waals surface area contributed by atoms with Gasteiger partial charge in [-0.25, -0.2) is 14.4 Å². The second-order valence-electron chi connectivity index (χ2n) is 16.6. The molecule has 10 heteroatoms. The van der Waals surface area contributed by atoms with Gasteiger partial charge in [0.1, 0.15) is 5.57 Å². The molecule has 2 saturated carbocycles. The molecule has 1 atom stereocenters. The Labute approximate surface area is 362 Å². The molecule has 1 N–H and O–H groups in total. The van der Waals surface area contributed by atoms with Crippen molar-refractivity contribution in [1.29, 1.82) is 0 Å². The molecule has 0 amide bonds. The van der Waals surface area contributed by atoms with E-state index in [1.54, 1.807) is 0 Å². The highest BCUT2D eigenvalue weighted by Gasteiger charge is 2.57. The lowest BCUT2D eigenvalue weighted by molar-refractivity contribution is -0.594. The van der Waals surface area contributed by atoms with Gasteiger partial charge in [0.2, 0.25) is 22.9 Å². The molecule has 318 valence electrons. The number of carbonyl (C=O) groups is 3. The van der Waals surface area contributed by atoms with Crippen LogP contribution < -0.4 is 9.13 Å². The fraction of sp³-hybridized carbons (Fsp3) is 0.327. The van der Waals surface area contributed by atoms with Crippen molar-refractivity contribution in [3.05, 3.63) is 145 Å². The number of carbonyl (C=O) groups excluding carboxylic acids is 3. The van der Waals surface area contributed by atoms with Gasteiger partial charge in [-0.1, -0.05) is 93.8 Å². The second-order valence-corrected chi connectivity index (χ2v) is 16.6. The Morgan fingerprint density at radius 2 is 0.903 bits per heavy atom. The van der Waals surface area contributed by atoms with Crippen LogP contribution in [0.3, 0.4) is 0 Å². The molecule has 62 heavy (non-hydrogen) atoms. The van der Waals surface area contributed by atoms with E-state index in [1.165, 1.54) is 57.4 Å². The average molecular weight is 835 g/mol. The molecule has 1 unspecified atom stereocenters. The van der Waals surface area contributed by atoms with Crippen molar-refractivity contribution in [2.45, 2.75) is 109 Å². The van der Waals surface area contributed by atoms with Gasteiger partial charge in [0, 0.05) is 62.1 Å². The van der Waals surface area contributed by atoms with Gasteiger partial charge in [0.05, 0.1) is 10.8 Å². The Balaban J connectivity index is 0.000000163. The molecule has 10 nitrogen and oxygen atoms in total. The van der Waals surface area contributed by atoms with Crippen LogP contribution in [0.1, 0.15) is 91.4 Å². The maximum Gasteiger partial charge on any atom is 0.349 e. The minimum absolute atomic E-state index is 0.424. The zero-order valence-corrected chi connectivity index (χ0v) is 35.7. The molecule has 2 spiro atoms. The van der Waals surface area contributed by atoms with E-state index in [1.807, 2.05) is 0 Å². The maximum atomic E-state index is 12.7. The van der Waals surface area contributed by atoms with Crippen LogP contribution in [0, 0.1) is 0 Å². The number of pyridine rings is 2. The highest BCUT2D eigenvalue weighted by atomic mass is 16.8. The van der Waals surface area contributed by atoms with Crippen molar-refractivity contribution < 1.29 is 47.6 Å². The molecule has 4 heterocycles. The molecule has 2 aromatic heterocycles. The van der Waals surface area contributed by atoms with Crippen LogP contribution in [0.15, 0.2) is 145 Å². The van der Waals surface area contributed by atoms with Gasteiger partial charge >= 0.3 is 17.9 Å². The summed E-state index contributed by atoms with van der Waals surface area (Å²) in [7, 11) is 0. The number of benzene rings is 4. The number of hydrogen-bond donors (Lipinski definition) is 1. The van der Waals surface area contributed by atoms with Crippen LogP contribution in [0.25, 0.3) is 44.0 Å². The molecule has 2 aliphatic carbocycles. The van der Waals surface area contributed by atoms with Crippen molar-refractivity contribution in [2.75, 3.05) is 0 Å². The first-order chi connectivity index (χ1) is 30.0. The fourth-order valence-corrected chi connectivity index (χ4v) is 8.94. The Kier molecular flexibility index (Phi) is 12.3. The first-order valence-electron chi connectivity index (χ1n) is 21.9. The molecule has 2 aliphatic heterocycles. The van der Waals surface area contributed by atoms with Crippen molar-refractivity contribution >= 4 is 39.5 Å². The number of esters is 3. The highest BCUT2D eigenvalue weighted by Crippen LogP contribution is 2.45. The zero-order valence-electron chi connectivity index (χ0n) is 35.7. The van der Waals surface area contributed by atoms with E-state index >= 15 is 0 Å². The van der Waals surface area contributed by atoms with E-state index < -0.39 is 46.4 Å². The zero-order chi connectivity index (χ0) is 43.3. The Hall–Kier alpha value is -6.23. The minimum atomic E-state index is -2.16. The fourth-order valence-electron chi connectivity index (χ4n) is 8.94. The summed E-state index contributed by atoms with van der Waals surface area (Å²) in [4.78, 5) is 38.0. The summed E-state index contributed by atoms with van der Waals surface area (Å²) in [5.74, 6) is -7.57. The third-order valence-electron chi connectivity index (χ3n) is 11.9. The summed E-state index contributed by atoms with van der Waals surface area (Å²) in [6.45, 7) is 5.48. The molecule has 0 bridgehead atoms. The van der Waals surface area contributed by atoms with E-state index in [-0.39, 0.29) is 0 Å². The van der Waals surface area contributed by atoms with Crippen LogP contribution in [-0.2, 0) is 33.3 Å². The van der Waals surface area contributed by atoms with E-state index in [0.717, 1.165) is 38.5 Å². The Morgan fingerprint density at radius 1 is 0.516 bits per heavy atom. The van der Waals surface area contributed by atoms with Gasteiger partial charge in [-0.05, 0) is 66.6 Å². The van der Waals surface area contributed by atoms with Gasteiger partial charge in [0.15, 0.2) is 30.4 Å². The van der Waals surface area contributed by atoms with Gasteiger partial charge in [-0.2, -0.15) is 9.13 Å². The van der Waals surface area contributed by atoms with Crippen molar-refractivity contribution in [3.63, 3.8) is 0 Å². The largest absolute Gasteiger partial charge is 0.429 e. The number of fused-ring (bicyclic) bond motifs is 2. The lowest BCUT2D eigenvalue weighted by atomic mass is 9.89. The van der Waals surface area contributed by atoms with Crippen LogP contribution in [0.2, 0.25) is 0 Å². The SMILES string of the molecule is CC1(O)OC2(CCCCC2)OC(=O)C1=C1C(=O)OC2(CCCCC2)OC1=O.CCC.c1ccc2c(-[n+]3ccc(-c4cc[n+](-c5cccc6ccccc56)cc4)cc3)cccc2c1. The highest BCUT2D eigenvalue weighted by molar-refractivity contribution is 6.20. The van der Waals surface area contributed by atoms with E-state index in [2.05, 4.69) is 157 Å². The minimum Gasteiger partial charge on any atom is -0.429 e. The molecule has 10 rings (SSSR count). The first-order valence-corrected chi connectivity index (χ1v) is 21.9. The van der Waals surface area contributed by atoms with Gasteiger partial charge in [0.25, 0.3) is 5.79 Å². The normalized spacial score (nSPS) is 20.4. The number of rotatable bonds is 3. The smallest absolute Gasteiger partial charge is 0.349 e. The van der Waals surface area contributed by atoms with Gasteiger partial charge in [-0.15, -0.1) is 0 Å². The van der Waals surface area contributed by atoms with Gasteiger partial charge in [-0.3, -0.25) is 0 Å². The number of ether oxygens (including phenoxy) is 4. The number of aliphatic hydroxyl groups is 1. The van der Waals surface area contributed by atoms with E-state index in [9.17, 15) is 19.5 Å². The molecule has 2 saturated heterocycles. The molecule has 4 fully saturated rings. The van der Waals surface area contributed by atoms with Crippen molar-refractivity contribution in [2.24, 2.45) is 0 Å². The van der Waals surface area contributed by atoms with Crippen LogP contribution in [0.4, 0.5) is 0 Å². The standard InChI is InChI=1S/C30H22N2.C19H24O8.C3H8/c1-3-11-27-25(7-1)9-5-13-29(27)31-19-15-23(16-20-31)24-17-21-32(22-18-24)30-14-6-10-26-8-2-4-12-28(26)30;1-17(23)13(16(22)26-19(27-17)10-6-3-7-11-19)12-14(20)24-18(25-15(12)21)8-4-2-5-9-18;1-3-2/h1-22H;23H,2-11H2,1H3;3H2,1-2H3/q+2;;. The summed E-state index contributed by atoms with van der Waals surface area (Å²) in [5, 5.41) is 15.8. The Bertz CT molecular complexity index is 2470. The third kappa shape index (κ3) is 8.76. The third-order valence-corrected chi connectivity index (χ3v) is 11.9. The molecule has 6 aromatic rings. The van der Waals surface area contributed by atoms with Crippen molar-refractivity contribution in [1.82, 2.24) is 0 Å². The number of hydrogen-bond acceptors (Lipinski definition) is 8. The molecule has 4 aromatic carbocycles. The van der Waals surface area contributed by atoms with Gasteiger partial charge < -0.3 is 24.1 Å². The Morgan fingerprint density at radius 3 is 1.34 bits per heavy atom. The predicted molar refractivity (Wildman–Crippen MR) is 235 cm³/mol. The molecule has 0 radical (unpaired) electrons. The summed E-state index contributed by atoms with van der Waals surface area (Å²) in [6.07, 6.45) is 16.7. The van der Waals surface area contributed by atoms with E-state index in [4.69, 9.17) is 18.9 Å².